The van der Waals surface area contributed by atoms with Crippen molar-refractivity contribution < 1.29 is 5.11 Å². The average Bonchev–Trinajstić information content (AvgIpc) is 2.83. The molecular weight excluding hydrogens is 248 g/mol. The van der Waals surface area contributed by atoms with E-state index in [1.807, 2.05) is 23.4 Å². The van der Waals surface area contributed by atoms with E-state index in [0.29, 0.717) is 12.5 Å². The van der Waals surface area contributed by atoms with E-state index in [0.717, 1.165) is 29.0 Å². The zero-order valence-electron chi connectivity index (χ0n) is 10.7. The van der Waals surface area contributed by atoms with Crippen molar-refractivity contribution in [1.29, 1.82) is 0 Å². The predicted octanol–water partition coefficient (Wildman–Crippen LogP) is 1.94. The molecule has 6 heteroatoms. The fraction of sp³-hybridized carbons (Fsp3) is 0.500. The Morgan fingerprint density at radius 2 is 2.28 bits per heavy atom. The average molecular weight is 266 g/mol. The Morgan fingerprint density at radius 1 is 1.44 bits per heavy atom. The van der Waals surface area contributed by atoms with Crippen LogP contribution in [-0.4, -0.2) is 41.8 Å². The van der Waals surface area contributed by atoms with Crippen LogP contribution in [0.3, 0.4) is 0 Å². The molecule has 0 amide bonds. The third-order valence-electron chi connectivity index (χ3n) is 2.64. The van der Waals surface area contributed by atoms with Crippen molar-refractivity contribution in [2.24, 2.45) is 0 Å². The number of hydrogen-bond donors (Lipinski definition) is 2. The van der Waals surface area contributed by atoms with Gasteiger partial charge in [0.25, 0.3) is 0 Å². The zero-order chi connectivity index (χ0) is 13.0. The molecule has 2 aromatic rings. The summed E-state index contributed by atoms with van der Waals surface area (Å²) in [6, 6.07) is 2.02. The molecule has 0 bridgehead atoms. The van der Waals surface area contributed by atoms with Crippen molar-refractivity contribution in [1.82, 2.24) is 9.97 Å². The van der Waals surface area contributed by atoms with Crippen LogP contribution in [-0.2, 0) is 0 Å². The summed E-state index contributed by atoms with van der Waals surface area (Å²) < 4.78 is 0. The summed E-state index contributed by atoms with van der Waals surface area (Å²) in [6.07, 6.45) is 1.04. The molecule has 5 nitrogen and oxygen atoms in total. The van der Waals surface area contributed by atoms with Crippen LogP contribution < -0.4 is 10.2 Å². The number of thiophene rings is 1. The molecule has 0 unspecified atom stereocenters. The van der Waals surface area contributed by atoms with Crippen LogP contribution in [0, 0.1) is 0 Å². The fourth-order valence-corrected chi connectivity index (χ4v) is 2.46. The predicted molar refractivity (Wildman–Crippen MR) is 76.6 cm³/mol. The maximum Gasteiger partial charge on any atom is 0.226 e. The molecule has 0 saturated carbocycles. The van der Waals surface area contributed by atoms with Gasteiger partial charge in [0.05, 0.1) is 12.0 Å². The normalized spacial score (nSPS) is 10.8. The first-order valence-electron chi connectivity index (χ1n) is 6.07. The van der Waals surface area contributed by atoms with Crippen LogP contribution >= 0.6 is 11.3 Å². The van der Waals surface area contributed by atoms with Gasteiger partial charge in [-0.05, 0) is 17.9 Å². The fourth-order valence-electron chi connectivity index (χ4n) is 1.70. The van der Waals surface area contributed by atoms with Gasteiger partial charge < -0.3 is 15.3 Å². The molecule has 0 aliphatic rings. The third kappa shape index (κ3) is 2.70. The SMILES string of the molecule is CCCNc1nc(N(C)CCO)c2ccsc2n1. The highest BCUT2D eigenvalue weighted by Crippen LogP contribution is 2.28. The van der Waals surface area contributed by atoms with Gasteiger partial charge in [-0.25, -0.2) is 4.98 Å². The largest absolute Gasteiger partial charge is 0.395 e. The molecule has 2 N–H and O–H groups in total. The number of fused-ring (bicyclic) bond motifs is 1. The molecule has 2 rings (SSSR count). The minimum absolute atomic E-state index is 0.115. The van der Waals surface area contributed by atoms with Crippen molar-refractivity contribution in [3.63, 3.8) is 0 Å². The number of nitrogens with one attached hydrogen (secondary N) is 1. The van der Waals surface area contributed by atoms with Crippen molar-refractivity contribution in [3.05, 3.63) is 11.4 Å². The maximum atomic E-state index is 9.03. The van der Waals surface area contributed by atoms with Gasteiger partial charge in [0, 0.05) is 20.1 Å². The van der Waals surface area contributed by atoms with Crippen LogP contribution in [0.5, 0.6) is 0 Å². The molecule has 18 heavy (non-hydrogen) atoms. The van der Waals surface area contributed by atoms with E-state index in [4.69, 9.17) is 5.11 Å². The highest BCUT2D eigenvalue weighted by molar-refractivity contribution is 7.16. The molecule has 0 fully saturated rings. The second kappa shape index (κ2) is 5.97. The monoisotopic (exact) mass is 266 g/mol. The van der Waals surface area contributed by atoms with Gasteiger partial charge in [-0.15, -0.1) is 11.3 Å². The standard InChI is InChI=1S/C12H18N4OS/c1-3-5-13-12-14-10(16(2)6-7-17)9-4-8-18-11(9)15-12/h4,8,17H,3,5-7H2,1-2H3,(H,13,14,15). The Balaban J connectivity index is 2.38. The summed E-state index contributed by atoms with van der Waals surface area (Å²) in [5.41, 5.74) is 0. The van der Waals surface area contributed by atoms with E-state index >= 15 is 0 Å². The van der Waals surface area contributed by atoms with Crippen LogP contribution in [0.2, 0.25) is 0 Å². The van der Waals surface area contributed by atoms with Gasteiger partial charge in [0.15, 0.2) is 0 Å². The summed E-state index contributed by atoms with van der Waals surface area (Å²) in [7, 11) is 1.93. The van der Waals surface area contributed by atoms with Gasteiger partial charge in [-0.2, -0.15) is 4.98 Å². The van der Waals surface area contributed by atoms with Crippen molar-refractivity contribution in [2.45, 2.75) is 13.3 Å². The Kier molecular flexibility index (Phi) is 4.33. The third-order valence-corrected chi connectivity index (χ3v) is 3.44. The molecule has 0 aliphatic carbocycles. The summed E-state index contributed by atoms with van der Waals surface area (Å²) in [5.74, 6) is 1.53. The molecule has 0 aliphatic heterocycles. The topological polar surface area (TPSA) is 61.3 Å². The number of aromatic nitrogens is 2. The Bertz CT molecular complexity index is 514. The second-order valence-corrected chi connectivity index (χ2v) is 4.98. The summed E-state index contributed by atoms with van der Waals surface area (Å²) in [5, 5.41) is 15.3. The maximum absolute atomic E-state index is 9.03. The number of aliphatic hydroxyl groups is 1. The van der Waals surface area contributed by atoms with Crippen molar-refractivity contribution in [3.8, 4) is 0 Å². The molecule has 98 valence electrons. The molecular formula is C12H18N4OS. The first kappa shape index (κ1) is 13.0. The van der Waals surface area contributed by atoms with E-state index in [1.165, 1.54) is 0 Å². The number of rotatable bonds is 6. The number of nitrogens with zero attached hydrogens (tertiary/aromatic N) is 3. The molecule has 2 heterocycles. The van der Waals surface area contributed by atoms with E-state index in [2.05, 4.69) is 22.2 Å². The first-order chi connectivity index (χ1) is 8.76. The molecule has 2 aromatic heterocycles. The summed E-state index contributed by atoms with van der Waals surface area (Å²) >= 11 is 1.60. The smallest absolute Gasteiger partial charge is 0.226 e. The molecule has 0 aromatic carbocycles. The van der Waals surface area contributed by atoms with Gasteiger partial charge in [-0.3, -0.25) is 0 Å². The lowest BCUT2D eigenvalue weighted by Crippen LogP contribution is -2.23. The Morgan fingerprint density at radius 3 is 3.00 bits per heavy atom. The Hall–Kier alpha value is -1.40. The lowest BCUT2D eigenvalue weighted by molar-refractivity contribution is 0.304. The van der Waals surface area contributed by atoms with Gasteiger partial charge >= 0.3 is 0 Å². The molecule has 0 saturated heterocycles. The molecule has 0 atom stereocenters. The van der Waals surface area contributed by atoms with Crippen LogP contribution in [0.25, 0.3) is 10.2 Å². The van der Waals surface area contributed by atoms with Crippen LogP contribution in [0.15, 0.2) is 11.4 Å². The van der Waals surface area contributed by atoms with Gasteiger partial charge in [0.2, 0.25) is 5.95 Å². The minimum Gasteiger partial charge on any atom is -0.395 e. The van der Waals surface area contributed by atoms with Gasteiger partial charge in [0.1, 0.15) is 10.6 Å². The lowest BCUT2D eigenvalue weighted by Gasteiger charge is -2.18. The Labute approximate surface area is 110 Å². The second-order valence-electron chi connectivity index (χ2n) is 4.08. The number of likely N-dealkylation sites (N-methyl/N-ethyl adjacent to an activating group) is 1. The summed E-state index contributed by atoms with van der Waals surface area (Å²) in [4.78, 5) is 11.9. The van der Waals surface area contributed by atoms with E-state index in [1.54, 1.807) is 11.3 Å². The van der Waals surface area contributed by atoms with E-state index in [9.17, 15) is 0 Å². The van der Waals surface area contributed by atoms with Crippen molar-refractivity contribution >= 4 is 33.3 Å². The number of anilines is 2. The van der Waals surface area contributed by atoms with Gasteiger partial charge in [-0.1, -0.05) is 6.92 Å². The van der Waals surface area contributed by atoms with Crippen LogP contribution in [0.1, 0.15) is 13.3 Å². The minimum atomic E-state index is 0.115. The summed E-state index contributed by atoms with van der Waals surface area (Å²) in [6.45, 7) is 3.65. The molecule has 0 spiro atoms. The lowest BCUT2D eigenvalue weighted by atomic mass is 10.3. The van der Waals surface area contributed by atoms with Crippen molar-refractivity contribution in [2.75, 3.05) is 37.0 Å². The highest BCUT2D eigenvalue weighted by Gasteiger charge is 2.12. The first-order valence-corrected chi connectivity index (χ1v) is 6.95. The highest BCUT2D eigenvalue weighted by atomic mass is 32.1. The van der Waals surface area contributed by atoms with E-state index in [-0.39, 0.29) is 6.61 Å². The quantitative estimate of drug-likeness (QED) is 0.836. The molecule has 0 radical (unpaired) electrons. The zero-order valence-corrected chi connectivity index (χ0v) is 11.5. The van der Waals surface area contributed by atoms with Crippen LogP contribution in [0.4, 0.5) is 11.8 Å². The number of aliphatic hydroxyl groups excluding tert-OH is 1. The number of hydrogen-bond acceptors (Lipinski definition) is 6. The van der Waals surface area contributed by atoms with E-state index < -0.39 is 0 Å².